The number of thiophene rings is 1. The van der Waals surface area contributed by atoms with E-state index in [4.69, 9.17) is 0 Å². The highest BCUT2D eigenvalue weighted by molar-refractivity contribution is 7.12. The fraction of sp³-hybridized carbons (Fsp3) is 0.250. The van der Waals surface area contributed by atoms with Crippen molar-refractivity contribution in [3.05, 3.63) is 76.2 Å². The van der Waals surface area contributed by atoms with E-state index in [9.17, 15) is 4.79 Å². The molecule has 4 nitrogen and oxygen atoms in total. The lowest BCUT2D eigenvalue weighted by molar-refractivity contribution is 0.0669. The quantitative estimate of drug-likeness (QED) is 0.717. The third-order valence-electron chi connectivity index (χ3n) is 4.76. The van der Waals surface area contributed by atoms with Gasteiger partial charge in [-0.25, -0.2) is 0 Å². The Morgan fingerprint density at radius 2 is 1.88 bits per heavy atom. The molecule has 0 saturated heterocycles. The average molecular weight is 351 g/mol. The van der Waals surface area contributed by atoms with Gasteiger partial charge in [-0.15, -0.1) is 11.3 Å². The summed E-state index contributed by atoms with van der Waals surface area (Å²) in [7, 11) is 4.07. The molecule has 0 saturated carbocycles. The number of fused-ring (bicyclic) bond motifs is 1. The molecule has 0 unspecified atom stereocenters. The van der Waals surface area contributed by atoms with Crippen molar-refractivity contribution >= 4 is 22.9 Å². The largest absolute Gasteiger partial charge is 0.378 e. The normalized spacial score (nSPS) is 16.6. The number of carbonyl (C=O) groups excluding carboxylic acids is 1. The van der Waals surface area contributed by atoms with E-state index in [-0.39, 0.29) is 11.9 Å². The van der Waals surface area contributed by atoms with Gasteiger partial charge >= 0.3 is 0 Å². The average Bonchev–Trinajstić information content (AvgIpc) is 3.31. The van der Waals surface area contributed by atoms with Crippen LogP contribution in [0.3, 0.4) is 0 Å². The van der Waals surface area contributed by atoms with Crippen molar-refractivity contribution in [3.8, 4) is 0 Å². The van der Waals surface area contributed by atoms with Gasteiger partial charge in [0.1, 0.15) is 0 Å². The molecule has 1 atom stereocenters. The highest BCUT2D eigenvalue weighted by Gasteiger charge is 2.32. The number of amides is 1. The zero-order valence-corrected chi connectivity index (χ0v) is 15.2. The number of nitrogens with zero attached hydrogens (tertiary/aromatic N) is 3. The third kappa shape index (κ3) is 2.85. The van der Waals surface area contributed by atoms with Crippen LogP contribution < -0.4 is 4.90 Å². The summed E-state index contributed by atoms with van der Waals surface area (Å²) in [5.74, 6) is 0.115. The Labute approximate surface area is 151 Å². The van der Waals surface area contributed by atoms with Crippen LogP contribution in [0.4, 0.5) is 5.69 Å². The summed E-state index contributed by atoms with van der Waals surface area (Å²) in [4.78, 5) is 18.0. The fourth-order valence-corrected chi connectivity index (χ4v) is 4.13. The standard InChI is InChI=1S/C20H21N3OS/c1-21(2)16-9-7-15(8-10-16)19-17-5-3-11-22(17)12-13-23(19)20(24)18-6-4-14-25-18/h3-11,14,19H,12-13H2,1-2H3/t19-/m0/s1. The minimum absolute atomic E-state index is 0.0467. The summed E-state index contributed by atoms with van der Waals surface area (Å²) in [5.41, 5.74) is 3.48. The summed E-state index contributed by atoms with van der Waals surface area (Å²) in [6, 6.07) is 16.5. The maximum absolute atomic E-state index is 13.1. The second-order valence-corrected chi connectivity index (χ2v) is 7.44. The van der Waals surface area contributed by atoms with Gasteiger partial charge in [-0.3, -0.25) is 4.79 Å². The van der Waals surface area contributed by atoms with Crippen molar-refractivity contribution in [2.24, 2.45) is 0 Å². The smallest absolute Gasteiger partial charge is 0.264 e. The molecular weight excluding hydrogens is 330 g/mol. The Balaban J connectivity index is 1.75. The summed E-state index contributed by atoms with van der Waals surface area (Å²) < 4.78 is 2.25. The summed E-state index contributed by atoms with van der Waals surface area (Å²) in [6.45, 7) is 1.56. The number of aromatic nitrogens is 1. The van der Waals surface area contributed by atoms with Gasteiger partial charge in [0, 0.05) is 44.8 Å². The lowest BCUT2D eigenvalue weighted by Crippen LogP contribution is -2.42. The molecule has 5 heteroatoms. The van der Waals surface area contributed by atoms with E-state index < -0.39 is 0 Å². The highest BCUT2D eigenvalue weighted by atomic mass is 32.1. The molecule has 0 spiro atoms. The number of hydrogen-bond donors (Lipinski definition) is 0. The van der Waals surface area contributed by atoms with Crippen LogP contribution in [0.5, 0.6) is 0 Å². The number of benzene rings is 1. The van der Waals surface area contributed by atoms with Gasteiger partial charge in [0.15, 0.2) is 0 Å². The van der Waals surface area contributed by atoms with Crippen LogP contribution in [0.15, 0.2) is 60.1 Å². The SMILES string of the molecule is CN(C)c1ccc([C@H]2c3cccn3CCN2C(=O)c2cccs2)cc1. The predicted octanol–water partition coefficient (Wildman–Crippen LogP) is 3.86. The molecule has 0 fully saturated rings. The zero-order valence-electron chi connectivity index (χ0n) is 14.4. The predicted molar refractivity (Wildman–Crippen MR) is 102 cm³/mol. The van der Waals surface area contributed by atoms with Crippen LogP contribution in [0.25, 0.3) is 0 Å². The summed E-state index contributed by atoms with van der Waals surface area (Å²) >= 11 is 1.51. The van der Waals surface area contributed by atoms with Gasteiger partial charge in [-0.1, -0.05) is 18.2 Å². The van der Waals surface area contributed by atoms with Crippen molar-refractivity contribution in [2.45, 2.75) is 12.6 Å². The molecule has 4 rings (SSSR count). The fourth-order valence-electron chi connectivity index (χ4n) is 3.45. The molecule has 1 aromatic carbocycles. The van der Waals surface area contributed by atoms with Crippen LogP contribution in [-0.2, 0) is 6.54 Å². The number of rotatable bonds is 3. The Bertz CT molecular complexity index is 865. The molecule has 25 heavy (non-hydrogen) atoms. The van der Waals surface area contributed by atoms with Crippen molar-refractivity contribution in [3.63, 3.8) is 0 Å². The molecule has 0 bridgehead atoms. The molecule has 1 aliphatic heterocycles. The van der Waals surface area contributed by atoms with Crippen molar-refractivity contribution in [2.75, 3.05) is 25.5 Å². The van der Waals surface area contributed by atoms with Crippen molar-refractivity contribution in [1.29, 1.82) is 0 Å². The van der Waals surface area contributed by atoms with Gasteiger partial charge in [-0.2, -0.15) is 0 Å². The molecule has 2 aromatic heterocycles. The topological polar surface area (TPSA) is 28.5 Å². The molecule has 0 radical (unpaired) electrons. The Kier molecular flexibility index (Phi) is 4.09. The van der Waals surface area contributed by atoms with E-state index in [0.29, 0.717) is 0 Å². The first-order chi connectivity index (χ1) is 12.1. The maximum Gasteiger partial charge on any atom is 0.264 e. The van der Waals surface area contributed by atoms with E-state index in [2.05, 4.69) is 52.1 Å². The van der Waals surface area contributed by atoms with Gasteiger partial charge in [0.05, 0.1) is 10.9 Å². The van der Waals surface area contributed by atoms with E-state index in [1.165, 1.54) is 17.0 Å². The lowest BCUT2D eigenvalue weighted by Gasteiger charge is -2.37. The first-order valence-electron chi connectivity index (χ1n) is 8.42. The molecule has 0 N–H and O–H groups in total. The second-order valence-electron chi connectivity index (χ2n) is 6.49. The zero-order chi connectivity index (χ0) is 17.4. The third-order valence-corrected chi connectivity index (χ3v) is 5.61. The lowest BCUT2D eigenvalue weighted by atomic mass is 9.99. The minimum atomic E-state index is -0.0467. The van der Waals surface area contributed by atoms with Crippen LogP contribution in [0.2, 0.25) is 0 Å². The van der Waals surface area contributed by atoms with E-state index >= 15 is 0 Å². The highest BCUT2D eigenvalue weighted by Crippen LogP contribution is 2.34. The van der Waals surface area contributed by atoms with E-state index in [1.807, 2.05) is 36.5 Å². The van der Waals surface area contributed by atoms with Crippen LogP contribution in [0.1, 0.15) is 27.0 Å². The maximum atomic E-state index is 13.1. The Morgan fingerprint density at radius 3 is 2.56 bits per heavy atom. The number of hydrogen-bond acceptors (Lipinski definition) is 3. The van der Waals surface area contributed by atoms with E-state index in [1.54, 1.807) is 0 Å². The van der Waals surface area contributed by atoms with Gasteiger partial charge in [0.25, 0.3) is 5.91 Å². The van der Waals surface area contributed by atoms with E-state index in [0.717, 1.165) is 29.2 Å². The first kappa shape index (κ1) is 16.0. The summed E-state index contributed by atoms with van der Waals surface area (Å²) in [6.07, 6.45) is 2.10. The Morgan fingerprint density at radius 1 is 1.08 bits per heavy atom. The molecule has 0 aliphatic carbocycles. The van der Waals surface area contributed by atoms with Gasteiger partial charge in [-0.05, 0) is 41.3 Å². The van der Waals surface area contributed by atoms with Crippen LogP contribution in [-0.4, -0.2) is 36.0 Å². The first-order valence-corrected chi connectivity index (χ1v) is 9.30. The molecule has 128 valence electrons. The minimum Gasteiger partial charge on any atom is -0.378 e. The molecule has 1 amide bonds. The van der Waals surface area contributed by atoms with Crippen molar-refractivity contribution < 1.29 is 4.79 Å². The molecule has 3 aromatic rings. The molecule has 1 aliphatic rings. The van der Waals surface area contributed by atoms with Crippen LogP contribution >= 0.6 is 11.3 Å². The Hall–Kier alpha value is -2.53. The molecule has 3 heterocycles. The monoisotopic (exact) mass is 351 g/mol. The van der Waals surface area contributed by atoms with Crippen molar-refractivity contribution in [1.82, 2.24) is 9.47 Å². The van der Waals surface area contributed by atoms with Gasteiger partial charge in [0.2, 0.25) is 0 Å². The van der Waals surface area contributed by atoms with Gasteiger partial charge < -0.3 is 14.4 Å². The second kappa shape index (κ2) is 6.41. The van der Waals surface area contributed by atoms with Crippen LogP contribution in [0, 0.1) is 0 Å². The number of carbonyl (C=O) groups is 1. The number of anilines is 1. The molecular formula is C20H21N3OS. The summed E-state index contributed by atoms with van der Waals surface area (Å²) in [5, 5.41) is 1.96.